The molecule has 3 aromatic heterocycles. The van der Waals surface area contributed by atoms with Crippen LogP contribution in [0.15, 0.2) is 42.7 Å². The molecule has 0 aliphatic carbocycles. The second-order valence-corrected chi connectivity index (χ2v) is 6.43. The zero-order valence-corrected chi connectivity index (χ0v) is 16.3. The summed E-state index contributed by atoms with van der Waals surface area (Å²) in [6.07, 6.45) is 3.74. The number of aryl methyl sites for hydroxylation is 1. The number of hydrogen-bond donors (Lipinski definition) is 2. The summed E-state index contributed by atoms with van der Waals surface area (Å²) in [7, 11) is 3.15. The van der Waals surface area contributed by atoms with Gasteiger partial charge in [-0.05, 0) is 30.7 Å². The number of carbonyl (C=O) groups excluding carboxylic acids is 1. The average Bonchev–Trinajstić information content (AvgIpc) is 3.35. The van der Waals surface area contributed by atoms with Crippen LogP contribution in [-0.4, -0.2) is 44.7 Å². The third-order valence-corrected chi connectivity index (χ3v) is 4.55. The number of methoxy groups -OCH3 is 2. The summed E-state index contributed by atoms with van der Waals surface area (Å²) in [5.41, 5.74) is 3.38. The Hall–Kier alpha value is -3.88. The number of hydrogen-bond acceptors (Lipinski definition) is 6. The summed E-state index contributed by atoms with van der Waals surface area (Å²) in [5, 5.41) is 9.61. The van der Waals surface area contributed by atoms with E-state index in [-0.39, 0.29) is 18.3 Å². The lowest BCUT2D eigenvalue weighted by atomic mass is 10.2. The predicted molar refractivity (Wildman–Crippen MR) is 107 cm³/mol. The number of pyridine rings is 1. The molecule has 2 N–H and O–H groups in total. The van der Waals surface area contributed by atoms with E-state index in [0.29, 0.717) is 22.9 Å². The molecule has 4 rings (SSSR count). The number of rotatable bonds is 6. The smallest absolute Gasteiger partial charge is 0.249 e. The van der Waals surface area contributed by atoms with Gasteiger partial charge in [0, 0.05) is 18.5 Å². The van der Waals surface area contributed by atoms with Crippen LogP contribution in [0.3, 0.4) is 0 Å². The van der Waals surface area contributed by atoms with Crippen molar-refractivity contribution in [3.63, 3.8) is 0 Å². The molecule has 4 aromatic rings. The molecular formula is C20H20N6O3. The van der Waals surface area contributed by atoms with Gasteiger partial charge in [-0.3, -0.25) is 15.2 Å². The summed E-state index contributed by atoms with van der Waals surface area (Å²) < 4.78 is 12.5. The van der Waals surface area contributed by atoms with Gasteiger partial charge >= 0.3 is 0 Å². The molecule has 0 unspecified atom stereocenters. The quantitative estimate of drug-likeness (QED) is 0.522. The Kier molecular flexibility index (Phi) is 4.86. The maximum Gasteiger partial charge on any atom is 0.249 e. The summed E-state index contributed by atoms with van der Waals surface area (Å²) in [5.74, 6) is 1.68. The number of ether oxygens (including phenoxy) is 2. The monoisotopic (exact) mass is 392 g/mol. The molecule has 0 atom stereocenters. The van der Waals surface area contributed by atoms with E-state index in [2.05, 4.69) is 25.5 Å². The van der Waals surface area contributed by atoms with E-state index < -0.39 is 0 Å². The van der Waals surface area contributed by atoms with Crippen LogP contribution in [0.1, 0.15) is 11.3 Å². The lowest BCUT2D eigenvalue weighted by molar-refractivity contribution is -0.115. The minimum Gasteiger partial charge on any atom is -0.497 e. The molecule has 9 nitrogen and oxygen atoms in total. The molecule has 1 amide bonds. The molecule has 0 radical (unpaired) electrons. The zero-order chi connectivity index (χ0) is 20.4. The number of anilines is 1. The molecule has 0 bridgehead atoms. The van der Waals surface area contributed by atoms with E-state index in [1.807, 2.05) is 35.7 Å². The fraction of sp³-hybridized carbons (Fsp3) is 0.200. The van der Waals surface area contributed by atoms with Gasteiger partial charge in [-0.1, -0.05) is 6.07 Å². The molecule has 3 heterocycles. The number of amides is 1. The molecule has 0 saturated heterocycles. The second-order valence-electron chi connectivity index (χ2n) is 6.43. The highest BCUT2D eigenvalue weighted by Gasteiger charge is 2.15. The number of fused-ring (bicyclic) bond motifs is 1. The van der Waals surface area contributed by atoms with Crippen molar-refractivity contribution in [2.45, 2.75) is 13.3 Å². The van der Waals surface area contributed by atoms with Crippen molar-refractivity contribution in [1.82, 2.24) is 24.6 Å². The molecular weight excluding hydrogens is 372 g/mol. The van der Waals surface area contributed by atoms with Gasteiger partial charge in [0.05, 0.1) is 31.9 Å². The van der Waals surface area contributed by atoms with Crippen molar-refractivity contribution >= 4 is 17.5 Å². The topological polar surface area (TPSA) is 106 Å². The van der Waals surface area contributed by atoms with Gasteiger partial charge in [0.15, 0.2) is 5.82 Å². The summed E-state index contributed by atoms with van der Waals surface area (Å²) >= 11 is 0. The van der Waals surface area contributed by atoms with Crippen LogP contribution in [0.4, 0.5) is 5.95 Å². The Labute approximate surface area is 166 Å². The van der Waals surface area contributed by atoms with Crippen LogP contribution < -0.4 is 14.8 Å². The first-order chi connectivity index (χ1) is 14.1. The summed E-state index contributed by atoms with van der Waals surface area (Å²) in [6, 6.07) is 9.27. The Morgan fingerprint density at radius 3 is 2.90 bits per heavy atom. The third-order valence-electron chi connectivity index (χ3n) is 4.55. The fourth-order valence-electron chi connectivity index (χ4n) is 3.10. The third kappa shape index (κ3) is 3.62. The van der Waals surface area contributed by atoms with Crippen molar-refractivity contribution in [1.29, 1.82) is 0 Å². The van der Waals surface area contributed by atoms with E-state index >= 15 is 0 Å². The number of nitrogens with one attached hydrogen (secondary N) is 2. The number of benzene rings is 1. The number of imidazole rings is 1. The maximum absolute atomic E-state index is 12.5. The maximum atomic E-state index is 12.5. The van der Waals surface area contributed by atoms with Crippen molar-refractivity contribution in [3.05, 3.63) is 54.0 Å². The molecule has 9 heteroatoms. The van der Waals surface area contributed by atoms with Crippen LogP contribution in [-0.2, 0) is 11.2 Å². The highest BCUT2D eigenvalue weighted by molar-refractivity contribution is 5.90. The summed E-state index contributed by atoms with van der Waals surface area (Å²) in [4.78, 5) is 21.2. The lowest BCUT2D eigenvalue weighted by Crippen LogP contribution is -2.16. The highest BCUT2D eigenvalue weighted by Crippen LogP contribution is 2.31. The summed E-state index contributed by atoms with van der Waals surface area (Å²) in [6.45, 7) is 1.98. The Morgan fingerprint density at radius 1 is 1.24 bits per heavy atom. The largest absolute Gasteiger partial charge is 0.497 e. The Morgan fingerprint density at radius 2 is 2.10 bits per heavy atom. The predicted octanol–water partition coefficient (Wildman–Crippen LogP) is 2.63. The number of carbonyl (C=O) groups is 1. The van der Waals surface area contributed by atoms with Crippen molar-refractivity contribution < 1.29 is 14.3 Å². The van der Waals surface area contributed by atoms with Gasteiger partial charge in [0.1, 0.15) is 17.1 Å². The minimum atomic E-state index is -0.236. The zero-order valence-electron chi connectivity index (χ0n) is 16.3. The minimum absolute atomic E-state index is 0.153. The molecule has 0 spiro atoms. The van der Waals surface area contributed by atoms with Gasteiger partial charge < -0.3 is 13.9 Å². The van der Waals surface area contributed by atoms with Gasteiger partial charge in [-0.25, -0.2) is 4.98 Å². The normalized spacial score (nSPS) is 10.9. The van der Waals surface area contributed by atoms with E-state index in [1.165, 1.54) is 0 Å². The number of aromatic amines is 1. The first-order valence-corrected chi connectivity index (χ1v) is 8.95. The Bertz CT molecular complexity index is 1180. The van der Waals surface area contributed by atoms with Gasteiger partial charge in [0.25, 0.3) is 0 Å². The Balaban J connectivity index is 1.50. The standard InChI is InChI=1S/C20H20N6O3/c1-12-5-4-8-26-13(11-21-19(12)26)9-17(27)22-20-23-18(24-25-20)15-7-6-14(28-2)10-16(15)29-3/h4-8,10-11H,9H2,1-3H3,(H2,22,23,24,25,27). The first kappa shape index (κ1) is 18.5. The van der Waals surface area contributed by atoms with Crippen LogP contribution >= 0.6 is 0 Å². The van der Waals surface area contributed by atoms with Crippen LogP contribution in [0.5, 0.6) is 11.5 Å². The van der Waals surface area contributed by atoms with Crippen molar-refractivity contribution in [3.8, 4) is 22.9 Å². The van der Waals surface area contributed by atoms with Crippen LogP contribution in [0.25, 0.3) is 17.0 Å². The van der Waals surface area contributed by atoms with E-state index in [0.717, 1.165) is 16.9 Å². The van der Waals surface area contributed by atoms with Crippen molar-refractivity contribution in [2.75, 3.05) is 19.5 Å². The van der Waals surface area contributed by atoms with Crippen LogP contribution in [0.2, 0.25) is 0 Å². The first-order valence-electron chi connectivity index (χ1n) is 8.95. The molecule has 148 valence electrons. The lowest BCUT2D eigenvalue weighted by Gasteiger charge is -2.07. The van der Waals surface area contributed by atoms with E-state index in [1.54, 1.807) is 32.5 Å². The fourth-order valence-corrected chi connectivity index (χ4v) is 3.10. The number of nitrogens with zero attached hydrogens (tertiary/aromatic N) is 4. The van der Waals surface area contributed by atoms with E-state index in [4.69, 9.17) is 9.47 Å². The molecule has 0 fully saturated rings. The van der Waals surface area contributed by atoms with Crippen molar-refractivity contribution in [2.24, 2.45) is 0 Å². The second kappa shape index (κ2) is 7.63. The molecule has 29 heavy (non-hydrogen) atoms. The van der Waals surface area contributed by atoms with E-state index in [9.17, 15) is 4.79 Å². The molecule has 0 aliphatic rings. The average molecular weight is 392 g/mol. The van der Waals surface area contributed by atoms with Gasteiger partial charge in [0.2, 0.25) is 11.9 Å². The SMILES string of the molecule is COc1ccc(-c2nc(NC(=O)Cc3cnc4c(C)cccn34)n[nH]2)c(OC)c1. The van der Waals surface area contributed by atoms with Crippen LogP contribution in [0, 0.1) is 6.92 Å². The molecule has 1 aromatic carbocycles. The number of H-pyrrole nitrogens is 1. The van der Waals surface area contributed by atoms with Gasteiger partial charge in [-0.2, -0.15) is 4.98 Å². The molecule has 0 aliphatic heterocycles. The molecule has 0 saturated carbocycles. The van der Waals surface area contributed by atoms with Gasteiger partial charge in [-0.15, -0.1) is 5.10 Å². The number of aromatic nitrogens is 5. The highest BCUT2D eigenvalue weighted by atomic mass is 16.5.